The van der Waals surface area contributed by atoms with Crippen molar-refractivity contribution < 1.29 is 14.6 Å². The Morgan fingerprint density at radius 3 is 2.86 bits per heavy atom. The summed E-state index contributed by atoms with van der Waals surface area (Å²) in [5.74, 6) is -0.481. The number of aromatic nitrogens is 1. The molecule has 0 spiro atoms. The van der Waals surface area contributed by atoms with Crippen LogP contribution in [0, 0.1) is 0 Å². The third kappa shape index (κ3) is 2.50. The summed E-state index contributed by atoms with van der Waals surface area (Å²) in [6.45, 7) is 1.54. The van der Waals surface area contributed by atoms with Crippen molar-refractivity contribution in [3.63, 3.8) is 0 Å². The number of aryl methyl sites for hydroxylation is 1. The Labute approximate surface area is 82.1 Å². The summed E-state index contributed by atoms with van der Waals surface area (Å²) in [4.78, 5) is 11.4. The van der Waals surface area contributed by atoms with Crippen molar-refractivity contribution in [2.75, 3.05) is 12.3 Å². The Hall–Kier alpha value is -1.49. The number of anilines is 1. The fourth-order valence-electron chi connectivity index (χ4n) is 1.06. The Bertz CT molecular complexity index is 331. The van der Waals surface area contributed by atoms with E-state index in [1.807, 2.05) is 0 Å². The van der Waals surface area contributed by atoms with Crippen molar-refractivity contribution in [1.29, 1.82) is 0 Å². The molecule has 0 saturated carbocycles. The summed E-state index contributed by atoms with van der Waals surface area (Å²) in [6, 6.07) is 1.53. The lowest BCUT2D eigenvalue weighted by Gasteiger charge is -2.06. The van der Waals surface area contributed by atoms with Crippen LogP contribution in [0.4, 0.5) is 5.69 Å². The molecule has 78 valence electrons. The van der Waals surface area contributed by atoms with E-state index in [0.29, 0.717) is 11.4 Å². The molecule has 1 atom stereocenters. The molecular formula is C9H14N2O3. The second-order valence-electron chi connectivity index (χ2n) is 3.22. The second-order valence-corrected chi connectivity index (χ2v) is 3.22. The van der Waals surface area contributed by atoms with Gasteiger partial charge in [0.15, 0.2) is 0 Å². The van der Waals surface area contributed by atoms with Gasteiger partial charge in [0.1, 0.15) is 12.3 Å². The molecule has 1 rings (SSSR count). The summed E-state index contributed by atoms with van der Waals surface area (Å²) in [7, 11) is 1.70. The van der Waals surface area contributed by atoms with E-state index < -0.39 is 12.1 Å². The van der Waals surface area contributed by atoms with E-state index in [4.69, 9.17) is 15.6 Å². The molecule has 0 aliphatic rings. The van der Waals surface area contributed by atoms with Gasteiger partial charge in [0, 0.05) is 13.2 Å². The van der Waals surface area contributed by atoms with Crippen molar-refractivity contribution >= 4 is 11.7 Å². The lowest BCUT2D eigenvalue weighted by molar-refractivity contribution is 0.0286. The molecule has 5 nitrogen and oxygen atoms in total. The minimum atomic E-state index is -0.656. The topological polar surface area (TPSA) is 77.5 Å². The SMILES string of the molecule is CC(O)COC(=O)c1cc(N)cn1C. The van der Waals surface area contributed by atoms with Gasteiger partial charge in [-0.05, 0) is 13.0 Å². The number of rotatable bonds is 3. The molecule has 0 bridgehead atoms. The quantitative estimate of drug-likeness (QED) is 0.677. The Kier molecular flexibility index (Phi) is 3.14. The molecular weight excluding hydrogens is 184 g/mol. The van der Waals surface area contributed by atoms with Gasteiger partial charge in [0.25, 0.3) is 0 Å². The lowest BCUT2D eigenvalue weighted by atomic mass is 10.4. The standard InChI is InChI=1S/C9H14N2O3/c1-6(12)5-14-9(13)8-3-7(10)4-11(8)2/h3-4,6,12H,5,10H2,1-2H3. The number of hydrogen-bond donors (Lipinski definition) is 2. The fraction of sp³-hybridized carbons (Fsp3) is 0.444. The lowest BCUT2D eigenvalue weighted by Crippen LogP contribution is -2.17. The van der Waals surface area contributed by atoms with Crippen LogP contribution in [0.2, 0.25) is 0 Å². The highest BCUT2D eigenvalue weighted by Gasteiger charge is 2.12. The van der Waals surface area contributed by atoms with Gasteiger partial charge in [-0.25, -0.2) is 4.79 Å². The zero-order valence-electron chi connectivity index (χ0n) is 8.23. The summed E-state index contributed by atoms with van der Waals surface area (Å²) in [6.07, 6.45) is 0.968. The largest absolute Gasteiger partial charge is 0.458 e. The molecule has 1 aromatic heterocycles. The predicted molar refractivity (Wildman–Crippen MR) is 51.8 cm³/mol. The Morgan fingerprint density at radius 2 is 2.43 bits per heavy atom. The van der Waals surface area contributed by atoms with Gasteiger partial charge in [-0.15, -0.1) is 0 Å². The van der Waals surface area contributed by atoms with E-state index in [2.05, 4.69) is 0 Å². The molecule has 0 aromatic carbocycles. The molecule has 0 aliphatic heterocycles. The minimum absolute atomic E-state index is 0.0100. The number of aliphatic hydroxyl groups is 1. The molecule has 0 radical (unpaired) electrons. The van der Waals surface area contributed by atoms with Crippen LogP contribution in [0.15, 0.2) is 12.3 Å². The first-order valence-corrected chi connectivity index (χ1v) is 4.27. The molecule has 0 fully saturated rings. The van der Waals surface area contributed by atoms with E-state index in [1.165, 1.54) is 6.07 Å². The third-order valence-corrected chi connectivity index (χ3v) is 1.69. The number of ether oxygens (including phenoxy) is 1. The van der Waals surface area contributed by atoms with Gasteiger partial charge in [-0.2, -0.15) is 0 Å². The van der Waals surface area contributed by atoms with E-state index >= 15 is 0 Å². The third-order valence-electron chi connectivity index (χ3n) is 1.69. The summed E-state index contributed by atoms with van der Waals surface area (Å²) in [5, 5.41) is 8.91. The fourth-order valence-corrected chi connectivity index (χ4v) is 1.06. The van der Waals surface area contributed by atoms with Crippen molar-refractivity contribution in [1.82, 2.24) is 4.57 Å². The minimum Gasteiger partial charge on any atom is -0.458 e. The highest BCUT2D eigenvalue weighted by atomic mass is 16.5. The molecule has 5 heteroatoms. The predicted octanol–water partition coefficient (Wildman–Crippen LogP) is 0.145. The first kappa shape index (κ1) is 10.6. The number of nitrogens with zero attached hydrogens (tertiary/aromatic N) is 1. The zero-order valence-corrected chi connectivity index (χ0v) is 8.23. The molecule has 1 heterocycles. The molecule has 0 saturated heterocycles. The van der Waals surface area contributed by atoms with Crippen molar-refractivity contribution in [2.45, 2.75) is 13.0 Å². The van der Waals surface area contributed by atoms with Gasteiger partial charge < -0.3 is 20.1 Å². The summed E-state index contributed by atoms with van der Waals surface area (Å²) in [5.41, 5.74) is 6.38. The van der Waals surface area contributed by atoms with E-state index in [0.717, 1.165) is 0 Å². The number of esters is 1. The highest BCUT2D eigenvalue weighted by Crippen LogP contribution is 2.09. The number of nitrogens with two attached hydrogens (primary N) is 1. The maximum absolute atomic E-state index is 11.4. The number of hydrogen-bond acceptors (Lipinski definition) is 4. The van der Waals surface area contributed by atoms with Crippen LogP contribution in [0.3, 0.4) is 0 Å². The first-order chi connectivity index (χ1) is 6.50. The average Bonchev–Trinajstić information content (AvgIpc) is 2.41. The Morgan fingerprint density at radius 1 is 1.79 bits per heavy atom. The highest BCUT2D eigenvalue weighted by molar-refractivity contribution is 5.89. The molecule has 0 amide bonds. The molecule has 0 aliphatic carbocycles. The first-order valence-electron chi connectivity index (χ1n) is 4.27. The van der Waals surface area contributed by atoms with Crippen LogP contribution < -0.4 is 5.73 Å². The summed E-state index contributed by atoms with van der Waals surface area (Å²) < 4.78 is 6.40. The average molecular weight is 198 g/mol. The van der Waals surface area contributed by atoms with Crippen LogP contribution in [-0.2, 0) is 11.8 Å². The van der Waals surface area contributed by atoms with Crippen LogP contribution in [0.1, 0.15) is 17.4 Å². The van der Waals surface area contributed by atoms with E-state index in [-0.39, 0.29) is 6.61 Å². The maximum Gasteiger partial charge on any atom is 0.355 e. The van der Waals surface area contributed by atoms with Gasteiger partial charge >= 0.3 is 5.97 Å². The monoisotopic (exact) mass is 198 g/mol. The van der Waals surface area contributed by atoms with Gasteiger partial charge in [-0.3, -0.25) is 0 Å². The van der Waals surface area contributed by atoms with Crippen molar-refractivity contribution in [3.8, 4) is 0 Å². The van der Waals surface area contributed by atoms with Gasteiger partial charge in [0.05, 0.1) is 11.8 Å². The maximum atomic E-state index is 11.4. The number of carbonyl (C=O) groups excluding carboxylic acids is 1. The van der Waals surface area contributed by atoms with Gasteiger partial charge in [0.2, 0.25) is 0 Å². The van der Waals surface area contributed by atoms with Crippen LogP contribution in [0.25, 0.3) is 0 Å². The van der Waals surface area contributed by atoms with E-state index in [1.54, 1.807) is 24.7 Å². The number of aliphatic hydroxyl groups excluding tert-OH is 1. The zero-order chi connectivity index (χ0) is 10.7. The van der Waals surface area contributed by atoms with Crippen LogP contribution >= 0.6 is 0 Å². The molecule has 3 N–H and O–H groups in total. The summed E-state index contributed by atoms with van der Waals surface area (Å²) >= 11 is 0. The van der Waals surface area contributed by atoms with Crippen molar-refractivity contribution in [3.05, 3.63) is 18.0 Å². The van der Waals surface area contributed by atoms with E-state index in [9.17, 15) is 4.79 Å². The Balaban J connectivity index is 2.65. The molecule has 1 unspecified atom stereocenters. The smallest absolute Gasteiger partial charge is 0.355 e. The number of nitrogen functional groups attached to an aromatic ring is 1. The molecule has 1 aromatic rings. The van der Waals surface area contributed by atoms with Crippen LogP contribution in [-0.4, -0.2) is 28.4 Å². The van der Waals surface area contributed by atoms with Crippen molar-refractivity contribution in [2.24, 2.45) is 7.05 Å². The molecule has 14 heavy (non-hydrogen) atoms. The van der Waals surface area contributed by atoms with Gasteiger partial charge in [-0.1, -0.05) is 0 Å². The second kappa shape index (κ2) is 4.15. The normalized spacial score (nSPS) is 12.5. The van der Waals surface area contributed by atoms with Crippen LogP contribution in [0.5, 0.6) is 0 Å². The number of carbonyl (C=O) groups is 1.